The van der Waals surface area contributed by atoms with Crippen molar-refractivity contribution in [1.29, 1.82) is 0 Å². The van der Waals surface area contributed by atoms with Gasteiger partial charge in [-0.15, -0.1) is 0 Å². The first-order chi connectivity index (χ1) is 12.9. The van der Waals surface area contributed by atoms with Crippen LogP contribution in [0.1, 0.15) is 28.7 Å². The van der Waals surface area contributed by atoms with Gasteiger partial charge in [-0.05, 0) is 62.7 Å². The first-order valence-corrected chi connectivity index (χ1v) is 9.66. The Kier molecular flexibility index (Phi) is 5.89. The highest BCUT2D eigenvalue weighted by atomic mass is 16.5. The summed E-state index contributed by atoms with van der Waals surface area (Å²) in [7, 11) is 5.86. The Labute approximate surface area is 163 Å². The maximum Gasteiger partial charge on any atom is 0.122 e. The minimum atomic E-state index is -0.441. The molecule has 1 fully saturated rings. The molecular weight excluding hydrogens is 336 g/mol. The van der Waals surface area contributed by atoms with E-state index in [1.165, 1.54) is 16.7 Å². The zero-order valence-corrected chi connectivity index (χ0v) is 17.2. The van der Waals surface area contributed by atoms with Crippen molar-refractivity contribution in [3.63, 3.8) is 0 Å². The Morgan fingerprint density at radius 2 is 1.85 bits per heavy atom. The number of likely N-dealkylation sites (N-methyl/N-ethyl adjacent to an activating group) is 1. The van der Waals surface area contributed by atoms with Crippen LogP contribution in [0.4, 0.5) is 0 Å². The second kappa shape index (κ2) is 8.01. The van der Waals surface area contributed by atoms with Crippen molar-refractivity contribution in [2.75, 3.05) is 34.3 Å². The number of methoxy groups -OCH3 is 1. The molecule has 3 rings (SSSR count). The fourth-order valence-electron chi connectivity index (χ4n) is 4.45. The van der Waals surface area contributed by atoms with Gasteiger partial charge in [-0.2, -0.15) is 0 Å². The molecule has 0 unspecified atom stereocenters. The van der Waals surface area contributed by atoms with Crippen molar-refractivity contribution < 1.29 is 9.84 Å². The number of aliphatic hydroxyl groups is 1. The lowest BCUT2D eigenvalue weighted by Gasteiger charge is -2.50. The number of nitrogens with zero attached hydrogens (tertiary/aromatic N) is 2. The fourth-order valence-corrected chi connectivity index (χ4v) is 4.45. The molecule has 2 atom stereocenters. The van der Waals surface area contributed by atoms with E-state index in [1.54, 1.807) is 7.11 Å². The predicted octanol–water partition coefficient (Wildman–Crippen LogP) is 3.34. The van der Waals surface area contributed by atoms with Gasteiger partial charge in [0, 0.05) is 19.6 Å². The third kappa shape index (κ3) is 3.75. The second-order valence-electron chi connectivity index (χ2n) is 7.93. The zero-order chi connectivity index (χ0) is 19.6. The number of piperidine rings is 1. The molecule has 1 heterocycles. The lowest BCUT2D eigenvalue weighted by atomic mass is 9.77. The van der Waals surface area contributed by atoms with Crippen molar-refractivity contribution in [1.82, 2.24) is 9.80 Å². The van der Waals surface area contributed by atoms with Gasteiger partial charge in [0.15, 0.2) is 0 Å². The molecule has 4 nitrogen and oxygen atoms in total. The van der Waals surface area contributed by atoms with Crippen LogP contribution in [0.2, 0.25) is 0 Å². The van der Waals surface area contributed by atoms with E-state index in [2.05, 4.69) is 74.1 Å². The van der Waals surface area contributed by atoms with Crippen LogP contribution >= 0.6 is 0 Å². The highest BCUT2D eigenvalue weighted by Crippen LogP contribution is 2.38. The number of likely N-dealkylation sites (tertiary alicyclic amines) is 1. The van der Waals surface area contributed by atoms with Gasteiger partial charge < -0.3 is 9.84 Å². The summed E-state index contributed by atoms with van der Waals surface area (Å²) in [6.07, 6.45) is 0.461. The van der Waals surface area contributed by atoms with Crippen molar-refractivity contribution in [3.05, 3.63) is 64.7 Å². The molecule has 2 aromatic rings. The SMILES string of the molecule is COc1cc(C)c(CN2CC[C@@](c3ccccc3)(N(C)C)[C@H](O)C2)cc1C. The first kappa shape index (κ1) is 19.9. The standard InChI is InChI=1S/C23H32N2O2/c1-17-14-21(27-5)18(2)13-19(17)15-25-12-11-23(24(3)4,22(26)16-25)20-9-7-6-8-10-20/h6-10,13-14,22,26H,11-12,15-16H2,1-5H3/t22-,23+/m1/s1. The lowest BCUT2D eigenvalue weighted by Crippen LogP contribution is -2.59. The molecule has 146 valence electrons. The van der Waals surface area contributed by atoms with Gasteiger partial charge in [-0.3, -0.25) is 9.80 Å². The third-order valence-electron chi connectivity index (χ3n) is 6.11. The van der Waals surface area contributed by atoms with Crippen molar-refractivity contribution in [2.45, 2.75) is 38.5 Å². The molecule has 4 heteroatoms. The Bertz CT molecular complexity index is 775. The highest BCUT2D eigenvalue weighted by Gasteiger charge is 2.45. The molecule has 0 aromatic heterocycles. The van der Waals surface area contributed by atoms with Gasteiger partial charge in [0.2, 0.25) is 0 Å². The largest absolute Gasteiger partial charge is 0.496 e. The van der Waals surface area contributed by atoms with Crippen LogP contribution in [-0.4, -0.2) is 55.3 Å². The Balaban J connectivity index is 1.80. The molecule has 0 saturated carbocycles. The predicted molar refractivity (Wildman–Crippen MR) is 110 cm³/mol. The van der Waals surface area contributed by atoms with E-state index in [0.717, 1.165) is 30.8 Å². The van der Waals surface area contributed by atoms with E-state index in [9.17, 15) is 5.11 Å². The van der Waals surface area contributed by atoms with E-state index >= 15 is 0 Å². The molecule has 1 aliphatic rings. The molecule has 1 N–H and O–H groups in total. The van der Waals surface area contributed by atoms with Crippen LogP contribution in [-0.2, 0) is 12.1 Å². The average Bonchev–Trinajstić information content (AvgIpc) is 2.65. The highest BCUT2D eigenvalue weighted by molar-refractivity contribution is 5.41. The molecule has 2 aromatic carbocycles. The molecule has 0 amide bonds. The van der Waals surface area contributed by atoms with Gasteiger partial charge in [-0.1, -0.05) is 36.4 Å². The maximum atomic E-state index is 11.2. The number of hydrogen-bond acceptors (Lipinski definition) is 4. The van der Waals surface area contributed by atoms with Crippen LogP contribution in [0, 0.1) is 13.8 Å². The second-order valence-corrected chi connectivity index (χ2v) is 7.93. The van der Waals surface area contributed by atoms with E-state index in [4.69, 9.17) is 4.74 Å². The Morgan fingerprint density at radius 1 is 1.15 bits per heavy atom. The van der Waals surface area contributed by atoms with Gasteiger partial charge in [0.05, 0.1) is 18.8 Å². The first-order valence-electron chi connectivity index (χ1n) is 9.66. The number of rotatable bonds is 5. The van der Waals surface area contributed by atoms with Crippen molar-refractivity contribution in [2.24, 2.45) is 0 Å². The number of aliphatic hydroxyl groups excluding tert-OH is 1. The van der Waals surface area contributed by atoms with Crippen molar-refractivity contribution >= 4 is 0 Å². The quantitative estimate of drug-likeness (QED) is 0.878. The van der Waals surface area contributed by atoms with Gasteiger partial charge in [0.25, 0.3) is 0 Å². The molecule has 0 radical (unpaired) electrons. The maximum absolute atomic E-state index is 11.2. The Morgan fingerprint density at radius 3 is 2.44 bits per heavy atom. The van der Waals surface area contributed by atoms with Gasteiger partial charge in [-0.25, -0.2) is 0 Å². The average molecular weight is 369 g/mol. The fraction of sp³-hybridized carbons (Fsp3) is 0.478. The minimum Gasteiger partial charge on any atom is -0.496 e. The lowest BCUT2D eigenvalue weighted by molar-refractivity contribution is -0.0703. The van der Waals surface area contributed by atoms with Crippen LogP contribution in [0.5, 0.6) is 5.75 Å². The summed E-state index contributed by atoms with van der Waals surface area (Å²) in [4.78, 5) is 4.55. The minimum absolute atomic E-state index is 0.331. The zero-order valence-electron chi connectivity index (χ0n) is 17.2. The van der Waals surface area contributed by atoms with E-state index in [0.29, 0.717) is 6.54 Å². The van der Waals surface area contributed by atoms with Gasteiger partial charge in [0.1, 0.15) is 5.75 Å². The van der Waals surface area contributed by atoms with Crippen LogP contribution in [0.3, 0.4) is 0 Å². The van der Waals surface area contributed by atoms with Crippen LogP contribution in [0.25, 0.3) is 0 Å². The molecule has 1 saturated heterocycles. The number of benzene rings is 2. The Hall–Kier alpha value is -1.88. The van der Waals surface area contributed by atoms with E-state index < -0.39 is 6.10 Å². The molecule has 27 heavy (non-hydrogen) atoms. The normalized spacial score (nSPS) is 23.6. The van der Waals surface area contributed by atoms with E-state index in [-0.39, 0.29) is 5.54 Å². The topological polar surface area (TPSA) is 35.9 Å². The van der Waals surface area contributed by atoms with Crippen molar-refractivity contribution in [3.8, 4) is 5.75 Å². The summed E-state index contributed by atoms with van der Waals surface area (Å²) in [6, 6.07) is 14.7. The van der Waals surface area contributed by atoms with Crippen LogP contribution in [0.15, 0.2) is 42.5 Å². The molecule has 0 spiro atoms. The summed E-state index contributed by atoms with van der Waals surface area (Å²) in [6.45, 7) is 6.68. The van der Waals surface area contributed by atoms with E-state index in [1.807, 2.05) is 6.07 Å². The smallest absolute Gasteiger partial charge is 0.122 e. The number of aryl methyl sites for hydroxylation is 2. The summed E-state index contributed by atoms with van der Waals surface area (Å²) < 4.78 is 5.43. The van der Waals surface area contributed by atoms with Gasteiger partial charge >= 0.3 is 0 Å². The molecule has 1 aliphatic heterocycles. The number of hydrogen-bond donors (Lipinski definition) is 1. The molecule has 0 bridgehead atoms. The number of β-amino-alcohol motifs (C(OH)–C–C–N with tert-alkyl or cyclic N) is 1. The summed E-state index contributed by atoms with van der Waals surface area (Å²) >= 11 is 0. The summed E-state index contributed by atoms with van der Waals surface area (Å²) in [5, 5.41) is 11.2. The summed E-state index contributed by atoms with van der Waals surface area (Å²) in [5.41, 5.74) is 4.56. The monoisotopic (exact) mass is 368 g/mol. The molecule has 0 aliphatic carbocycles. The number of ether oxygens (including phenoxy) is 1. The van der Waals surface area contributed by atoms with Crippen LogP contribution < -0.4 is 4.74 Å². The summed E-state index contributed by atoms with van der Waals surface area (Å²) in [5.74, 6) is 0.936. The molecular formula is C23H32N2O2. The third-order valence-corrected chi connectivity index (χ3v) is 6.11.